The lowest BCUT2D eigenvalue weighted by molar-refractivity contribution is 0.241. The first-order valence-corrected chi connectivity index (χ1v) is 16.0. The van der Waals surface area contributed by atoms with E-state index in [0.29, 0.717) is 17.9 Å². The third-order valence-corrected chi connectivity index (χ3v) is 10.0. The predicted molar refractivity (Wildman–Crippen MR) is 182 cm³/mol. The summed E-state index contributed by atoms with van der Waals surface area (Å²) in [5.74, 6) is 1.89. The quantitative estimate of drug-likeness (QED) is 0.207. The first kappa shape index (κ1) is 26.2. The highest BCUT2D eigenvalue weighted by Gasteiger charge is 2.45. The SMILES string of the molecule is CCn1c2ccccc2c2cc(N(c3ccccc3)c3ccc4c(c3)C3CC(C)CC(C)C3N4c3ccccc3)ccc21. The number of hydrogen-bond donors (Lipinski definition) is 0. The number of rotatable bonds is 5. The zero-order valence-corrected chi connectivity index (χ0v) is 25.3. The van der Waals surface area contributed by atoms with E-state index in [1.165, 1.54) is 68.6 Å². The van der Waals surface area contributed by atoms with Gasteiger partial charge >= 0.3 is 0 Å². The van der Waals surface area contributed by atoms with E-state index >= 15 is 0 Å². The lowest BCUT2D eigenvalue weighted by atomic mass is 9.72. The zero-order chi connectivity index (χ0) is 29.1. The maximum absolute atomic E-state index is 2.65. The average Bonchev–Trinajstić information content (AvgIpc) is 3.54. The average molecular weight is 562 g/mol. The largest absolute Gasteiger partial charge is 0.341 e. The molecule has 0 amide bonds. The van der Waals surface area contributed by atoms with Crippen LogP contribution in [0.3, 0.4) is 0 Å². The van der Waals surface area contributed by atoms with E-state index in [1.807, 2.05) is 0 Å². The van der Waals surface area contributed by atoms with Gasteiger partial charge in [0.25, 0.3) is 0 Å². The Kier molecular flexibility index (Phi) is 6.29. The second-order valence-corrected chi connectivity index (χ2v) is 12.7. The van der Waals surface area contributed by atoms with Gasteiger partial charge in [-0.1, -0.05) is 68.4 Å². The number of fused-ring (bicyclic) bond motifs is 6. The van der Waals surface area contributed by atoms with Crippen LogP contribution in [0.5, 0.6) is 0 Å². The number of anilines is 5. The van der Waals surface area contributed by atoms with E-state index in [0.717, 1.165) is 12.5 Å². The van der Waals surface area contributed by atoms with E-state index < -0.39 is 0 Å². The molecule has 0 spiro atoms. The Bertz CT molecular complexity index is 1920. The summed E-state index contributed by atoms with van der Waals surface area (Å²) in [6.45, 7) is 8.10. The molecule has 2 aliphatic rings. The van der Waals surface area contributed by atoms with Crippen molar-refractivity contribution < 1.29 is 0 Å². The molecule has 6 aromatic rings. The molecule has 43 heavy (non-hydrogen) atoms. The highest BCUT2D eigenvalue weighted by molar-refractivity contribution is 6.09. The van der Waals surface area contributed by atoms with Gasteiger partial charge in [-0.2, -0.15) is 0 Å². The fourth-order valence-electron chi connectivity index (χ4n) is 8.39. The minimum Gasteiger partial charge on any atom is -0.341 e. The fraction of sp³-hybridized carbons (Fsp3) is 0.250. The molecule has 5 aromatic carbocycles. The third kappa shape index (κ3) is 4.17. The molecule has 1 aliphatic carbocycles. The van der Waals surface area contributed by atoms with E-state index in [2.05, 4.69) is 156 Å². The summed E-state index contributed by atoms with van der Waals surface area (Å²) in [6.07, 6.45) is 2.52. The van der Waals surface area contributed by atoms with Crippen LogP contribution in [-0.4, -0.2) is 10.6 Å². The van der Waals surface area contributed by atoms with E-state index in [-0.39, 0.29) is 0 Å². The first-order valence-electron chi connectivity index (χ1n) is 16.0. The van der Waals surface area contributed by atoms with E-state index in [1.54, 1.807) is 0 Å². The van der Waals surface area contributed by atoms with Crippen molar-refractivity contribution in [1.82, 2.24) is 4.57 Å². The van der Waals surface area contributed by atoms with Crippen LogP contribution in [0.4, 0.5) is 28.4 Å². The minimum atomic E-state index is 0.491. The van der Waals surface area contributed by atoms with Crippen LogP contribution in [0.15, 0.2) is 121 Å². The molecule has 1 aliphatic heterocycles. The number of aromatic nitrogens is 1. The highest BCUT2D eigenvalue weighted by atomic mass is 15.2. The van der Waals surface area contributed by atoms with Gasteiger partial charge in [-0.05, 0) is 104 Å². The van der Waals surface area contributed by atoms with Crippen molar-refractivity contribution in [3.8, 4) is 0 Å². The summed E-state index contributed by atoms with van der Waals surface area (Å²) in [5, 5.41) is 2.62. The van der Waals surface area contributed by atoms with Crippen LogP contribution >= 0.6 is 0 Å². The van der Waals surface area contributed by atoms with Crippen molar-refractivity contribution >= 4 is 50.2 Å². The van der Waals surface area contributed by atoms with Gasteiger partial charge in [0, 0.05) is 68.7 Å². The lowest BCUT2D eigenvalue weighted by Crippen LogP contribution is -2.40. The summed E-state index contributed by atoms with van der Waals surface area (Å²) in [5.41, 5.74) is 10.4. The standard InChI is InChI=1S/C40H39N3/c1-4-41-37-18-12-11-17-33(37)34-25-31(19-21-38(34)41)42(29-13-7-5-8-14-29)32-20-22-39-35(26-32)36-24-27(2)23-28(3)40(36)43(39)30-15-9-6-10-16-30/h5-22,25-28,36,40H,4,23-24H2,1-3H3. The topological polar surface area (TPSA) is 11.4 Å². The van der Waals surface area contributed by atoms with Gasteiger partial charge in [-0.25, -0.2) is 0 Å². The highest BCUT2D eigenvalue weighted by Crippen LogP contribution is 2.55. The Morgan fingerprint density at radius 1 is 0.651 bits per heavy atom. The second kappa shape index (κ2) is 10.3. The lowest BCUT2D eigenvalue weighted by Gasteiger charge is -2.40. The summed E-state index contributed by atoms with van der Waals surface area (Å²) in [6, 6.07) is 45.5. The Morgan fingerprint density at radius 3 is 2.12 bits per heavy atom. The molecule has 1 saturated carbocycles. The van der Waals surface area contributed by atoms with Gasteiger partial charge in [0.05, 0.1) is 0 Å². The molecule has 3 nitrogen and oxygen atoms in total. The van der Waals surface area contributed by atoms with E-state index in [4.69, 9.17) is 0 Å². The van der Waals surface area contributed by atoms with E-state index in [9.17, 15) is 0 Å². The van der Waals surface area contributed by atoms with Gasteiger partial charge in [-0.3, -0.25) is 0 Å². The molecule has 3 heteroatoms. The van der Waals surface area contributed by atoms with Crippen molar-refractivity contribution in [2.75, 3.05) is 9.80 Å². The molecule has 2 heterocycles. The summed E-state index contributed by atoms with van der Waals surface area (Å²) in [4.78, 5) is 5.10. The third-order valence-electron chi connectivity index (χ3n) is 10.0. The van der Waals surface area contributed by atoms with Crippen molar-refractivity contribution in [3.05, 3.63) is 127 Å². The van der Waals surface area contributed by atoms with Crippen molar-refractivity contribution in [1.29, 1.82) is 0 Å². The molecular weight excluding hydrogens is 522 g/mol. The molecule has 0 bridgehead atoms. The Balaban J connectivity index is 1.31. The van der Waals surface area contributed by atoms with Gasteiger partial charge in [-0.15, -0.1) is 0 Å². The van der Waals surface area contributed by atoms with Gasteiger partial charge in [0.1, 0.15) is 0 Å². The number of nitrogens with zero attached hydrogens (tertiary/aromatic N) is 3. The molecule has 1 aromatic heterocycles. The van der Waals surface area contributed by atoms with Crippen molar-refractivity contribution in [2.45, 2.75) is 52.1 Å². The Labute approximate surface area is 255 Å². The number of benzene rings is 5. The maximum atomic E-state index is 2.65. The van der Waals surface area contributed by atoms with Crippen LogP contribution in [-0.2, 0) is 6.54 Å². The van der Waals surface area contributed by atoms with Crippen LogP contribution in [0, 0.1) is 11.8 Å². The van der Waals surface area contributed by atoms with Gasteiger partial charge < -0.3 is 14.4 Å². The summed E-state index contributed by atoms with van der Waals surface area (Å²) in [7, 11) is 0. The molecular formula is C40H39N3. The van der Waals surface area contributed by atoms with Gasteiger partial charge in [0.2, 0.25) is 0 Å². The van der Waals surface area contributed by atoms with Crippen LogP contribution in [0.1, 0.15) is 45.1 Å². The minimum absolute atomic E-state index is 0.491. The van der Waals surface area contributed by atoms with Gasteiger partial charge in [0.15, 0.2) is 0 Å². The first-order chi connectivity index (χ1) is 21.1. The maximum Gasteiger partial charge on any atom is 0.0492 e. The Morgan fingerprint density at radius 2 is 1.33 bits per heavy atom. The number of aryl methyl sites for hydroxylation is 1. The Hall–Kier alpha value is -4.50. The molecule has 0 saturated heterocycles. The molecule has 214 valence electrons. The normalized spacial score (nSPS) is 21.2. The molecule has 0 radical (unpaired) electrons. The number of hydrogen-bond acceptors (Lipinski definition) is 2. The van der Waals surface area contributed by atoms with Crippen LogP contribution < -0.4 is 9.80 Å². The molecule has 0 N–H and O–H groups in total. The van der Waals surface area contributed by atoms with Crippen LogP contribution in [0.2, 0.25) is 0 Å². The monoisotopic (exact) mass is 561 g/mol. The smallest absolute Gasteiger partial charge is 0.0492 e. The summed E-state index contributed by atoms with van der Waals surface area (Å²) < 4.78 is 2.43. The van der Waals surface area contributed by atoms with Crippen LogP contribution in [0.25, 0.3) is 21.8 Å². The van der Waals surface area contributed by atoms with Crippen molar-refractivity contribution in [2.24, 2.45) is 11.8 Å². The molecule has 8 rings (SSSR count). The fourth-order valence-corrected chi connectivity index (χ4v) is 8.39. The molecule has 4 unspecified atom stereocenters. The summed E-state index contributed by atoms with van der Waals surface area (Å²) >= 11 is 0. The molecule has 1 fully saturated rings. The zero-order valence-electron chi connectivity index (χ0n) is 25.3. The molecule has 4 atom stereocenters. The van der Waals surface area contributed by atoms with Crippen molar-refractivity contribution in [3.63, 3.8) is 0 Å². The number of para-hydroxylation sites is 3. The second-order valence-electron chi connectivity index (χ2n) is 12.7. The predicted octanol–water partition coefficient (Wildman–Crippen LogP) is 11.0.